The minimum Gasteiger partial charge on any atom is -0.463 e. The number of ether oxygens (including phenoxy) is 1. The fourth-order valence-corrected chi connectivity index (χ4v) is 4.88. The second-order valence-electron chi connectivity index (χ2n) is 11.1. The maximum Gasteiger partial charge on any atom is 0.472 e. The molecule has 2 unspecified atom stereocenters. The van der Waals surface area contributed by atoms with E-state index in [0.29, 0.717) is 12.8 Å². The number of rotatable bonds is 31. The van der Waals surface area contributed by atoms with Gasteiger partial charge in [0.2, 0.25) is 5.91 Å². The van der Waals surface area contributed by atoms with Crippen molar-refractivity contribution in [3.8, 4) is 0 Å². The van der Waals surface area contributed by atoms with Crippen LogP contribution in [0.3, 0.4) is 0 Å². The van der Waals surface area contributed by atoms with Crippen LogP contribution in [0.15, 0.2) is 48.6 Å². The third kappa shape index (κ3) is 33.2. The Balaban J connectivity index is 3.71. The number of nitrogens with one attached hydrogen (secondary N) is 1. The molecule has 260 valence electrons. The van der Waals surface area contributed by atoms with E-state index in [9.17, 15) is 24.2 Å². The molecule has 0 aromatic rings. The lowest BCUT2D eigenvalue weighted by molar-refractivity contribution is -0.147. The summed E-state index contributed by atoms with van der Waals surface area (Å²) >= 11 is 0. The van der Waals surface area contributed by atoms with Crippen molar-refractivity contribution in [1.82, 2.24) is 5.32 Å². The Morgan fingerprint density at radius 3 is 1.82 bits per heavy atom. The topological polar surface area (TPSA) is 131 Å². The Morgan fingerprint density at radius 2 is 1.20 bits per heavy atom. The molecule has 0 bridgehead atoms. The zero-order chi connectivity index (χ0) is 33.3. The van der Waals surface area contributed by atoms with Gasteiger partial charge in [-0.3, -0.25) is 18.6 Å². The summed E-state index contributed by atoms with van der Waals surface area (Å²) in [6.45, 7) is 3.36. The summed E-state index contributed by atoms with van der Waals surface area (Å²) in [6, 6.07) is 0. The summed E-state index contributed by atoms with van der Waals surface area (Å²) in [5, 5.41) is 12.5. The number of phosphoric acid groups is 1. The Hall–Kier alpha value is -2.03. The second-order valence-corrected chi connectivity index (χ2v) is 12.6. The quantitative estimate of drug-likeness (QED) is 0.0294. The van der Waals surface area contributed by atoms with Crippen LogP contribution in [0.1, 0.15) is 129 Å². The number of carbonyl (C=O) groups excluding carboxylic acids is 2. The predicted octanol–water partition coefficient (Wildman–Crippen LogP) is 8.43. The maximum absolute atomic E-state index is 11.9. The first-order valence-electron chi connectivity index (χ1n) is 17.1. The average Bonchev–Trinajstić information content (AvgIpc) is 3.02. The fourth-order valence-electron chi connectivity index (χ4n) is 4.13. The van der Waals surface area contributed by atoms with E-state index in [2.05, 4.69) is 67.8 Å². The van der Waals surface area contributed by atoms with Gasteiger partial charge >= 0.3 is 13.8 Å². The van der Waals surface area contributed by atoms with Gasteiger partial charge in [0.05, 0.1) is 13.2 Å². The van der Waals surface area contributed by atoms with Crippen LogP contribution in [0.5, 0.6) is 0 Å². The molecule has 1 amide bonds. The van der Waals surface area contributed by atoms with Crippen molar-refractivity contribution in [2.75, 3.05) is 26.4 Å². The summed E-state index contributed by atoms with van der Waals surface area (Å²) in [5.74, 6) is -0.566. The van der Waals surface area contributed by atoms with Crippen molar-refractivity contribution in [1.29, 1.82) is 0 Å². The molecule has 0 aliphatic heterocycles. The molecule has 10 heteroatoms. The lowest BCUT2D eigenvalue weighted by Gasteiger charge is -2.15. The van der Waals surface area contributed by atoms with E-state index in [-0.39, 0.29) is 32.1 Å². The SMILES string of the molecule is CCCCC/C=C\C/C=C\C/C=C\C/C=C\CCCCCC(=O)OCC(O)COP(=O)(O)OCCNC(=O)CCCCCCC. The highest BCUT2D eigenvalue weighted by atomic mass is 31.2. The van der Waals surface area contributed by atoms with Gasteiger partial charge in [0.1, 0.15) is 12.7 Å². The van der Waals surface area contributed by atoms with E-state index in [1.165, 1.54) is 25.7 Å². The normalized spacial score (nSPS) is 14.1. The van der Waals surface area contributed by atoms with Crippen LogP contribution in [0.25, 0.3) is 0 Å². The number of aliphatic hydroxyl groups excluding tert-OH is 1. The number of esters is 1. The molecule has 0 aliphatic carbocycles. The molecule has 0 aromatic carbocycles. The molecule has 0 fully saturated rings. The number of allylic oxidation sites excluding steroid dienone is 8. The maximum atomic E-state index is 11.9. The Kier molecular flexibility index (Phi) is 30.5. The van der Waals surface area contributed by atoms with Crippen molar-refractivity contribution in [2.24, 2.45) is 0 Å². The monoisotopic (exact) mass is 655 g/mol. The molecular weight excluding hydrogens is 593 g/mol. The number of unbranched alkanes of at least 4 members (excludes halogenated alkanes) is 10. The molecule has 2 atom stereocenters. The van der Waals surface area contributed by atoms with Crippen molar-refractivity contribution in [2.45, 2.75) is 136 Å². The summed E-state index contributed by atoms with van der Waals surface area (Å²) in [6.07, 6.45) is 33.6. The van der Waals surface area contributed by atoms with Crippen LogP contribution in [-0.2, 0) is 27.9 Å². The molecule has 0 rings (SSSR count). The largest absolute Gasteiger partial charge is 0.472 e. The van der Waals surface area contributed by atoms with Gasteiger partial charge in [-0.05, 0) is 57.8 Å². The van der Waals surface area contributed by atoms with Crippen molar-refractivity contribution >= 4 is 19.7 Å². The first kappa shape index (κ1) is 43.0. The molecule has 0 aromatic heterocycles. The Bertz CT molecular complexity index is 887. The standard InChI is InChI=1S/C35H62NO8P/c1-3-5-7-9-10-11-12-13-14-15-16-17-18-19-20-21-22-24-26-28-35(39)42-31-33(37)32-44-45(40,41)43-30-29-36-34(38)27-25-23-8-6-4-2/h10-11,13-14,16-17,19-20,33,37H,3-9,12,15,18,21-32H2,1-2H3,(H,36,38)(H,40,41)/b11-10-,14-13-,17-16-,20-19-. The Morgan fingerprint density at radius 1 is 0.689 bits per heavy atom. The van der Waals surface area contributed by atoms with Crippen LogP contribution in [0.4, 0.5) is 0 Å². The Labute approximate surface area is 273 Å². The smallest absolute Gasteiger partial charge is 0.463 e. The van der Waals surface area contributed by atoms with E-state index in [1.807, 2.05) is 0 Å². The van der Waals surface area contributed by atoms with Crippen LogP contribution in [-0.4, -0.2) is 54.3 Å². The third-order valence-corrected chi connectivity index (χ3v) is 7.75. The van der Waals surface area contributed by atoms with Gasteiger partial charge in [-0.25, -0.2) is 4.57 Å². The van der Waals surface area contributed by atoms with Crippen LogP contribution < -0.4 is 5.32 Å². The van der Waals surface area contributed by atoms with E-state index in [4.69, 9.17) is 13.8 Å². The number of amides is 1. The summed E-state index contributed by atoms with van der Waals surface area (Å²) < 4.78 is 26.5. The van der Waals surface area contributed by atoms with Gasteiger partial charge in [0.15, 0.2) is 0 Å². The molecule has 0 radical (unpaired) electrons. The van der Waals surface area contributed by atoms with Gasteiger partial charge < -0.3 is 20.1 Å². The second kappa shape index (κ2) is 31.9. The number of phosphoric ester groups is 1. The van der Waals surface area contributed by atoms with Gasteiger partial charge in [0, 0.05) is 19.4 Å². The zero-order valence-electron chi connectivity index (χ0n) is 28.0. The van der Waals surface area contributed by atoms with E-state index < -0.39 is 26.5 Å². The van der Waals surface area contributed by atoms with Crippen LogP contribution in [0, 0.1) is 0 Å². The molecule has 0 saturated heterocycles. The van der Waals surface area contributed by atoms with Gasteiger partial charge in [0.25, 0.3) is 0 Å². The first-order valence-corrected chi connectivity index (χ1v) is 18.6. The highest BCUT2D eigenvalue weighted by molar-refractivity contribution is 7.47. The number of hydrogen-bond donors (Lipinski definition) is 3. The van der Waals surface area contributed by atoms with E-state index in [1.54, 1.807) is 0 Å². The lowest BCUT2D eigenvalue weighted by atomic mass is 10.1. The highest BCUT2D eigenvalue weighted by Crippen LogP contribution is 2.42. The summed E-state index contributed by atoms with van der Waals surface area (Å²) in [4.78, 5) is 33.4. The van der Waals surface area contributed by atoms with Crippen LogP contribution in [0.2, 0.25) is 0 Å². The number of carbonyl (C=O) groups is 2. The van der Waals surface area contributed by atoms with Crippen molar-refractivity contribution in [3.05, 3.63) is 48.6 Å². The van der Waals surface area contributed by atoms with E-state index >= 15 is 0 Å². The lowest BCUT2D eigenvalue weighted by Crippen LogP contribution is -2.27. The highest BCUT2D eigenvalue weighted by Gasteiger charge is 2.23. The molecular formula is C35H62NO8P. The molecule has 0 saturated carbocycles. The number of aliphatic hydroxyl groups is 1. The number of hydrogen-bond acceptors (Lipinski definition) is 7. The molecule has 0 aliphatic rings. The molecule has 3 N–H and O–H groups in total. The van der Waals surface area contributed by atoms with Gasteiger partial charge in [-0.15, -0.1) is 0 Å². The van der Waals surface area contributed by atoms with Crippen molar-refractivity contribution in [3.63, 3.8) is 0 Å². The summed E-state index contributed by atoms with van der Waals surface area (Å²) in [7, 11) is -4.40. The minimum atomic E-state index is -4.40. The third-order valence-electron chi connectivity index (χ3n) is 6.76. The van der Waals surface area contributed by atoms with Gasteiger partial charge in [-0.1, -0.05) is 107 Å². The first-order chi connectivity index (χ1) is 21.8. The zero-order valence-corrected chi connectivity index (χ0v) is 28.9. The van der Waals surface area contributed by atoms with E-state index in [0.717, 1.165) is 70.6 Å². The van der Waals surface area contributed by atoms with Crippen LogP contribution >= 0.6 is 7.82 Å². The molecule has 0 spiro atoms. The predicted molar refractivity (Wildman–Crippen MR) is 183 cm³/mol. The average molecular weight is 656 g/mol. The fraction of sp³-hybridized carbons (Fsp3) is 0.714. The van der Waals surface area contributed by atoms with Crippen molar-refractivity contribution < 1.29 is 37.9 Å². The molecule has 9 nitrogen and oxygen atoms in total. The minimum absolute atomic E-state index is 0.0748. The van der Waals surface area contributed by atoms with Gasteiger partial charge in [-0.2, -0.15) is 0 Å². The molecule has 45 heavy (non-hydrogen) atoms. The summed E-state index contributed by atoms with van der Waals surface area (Å²) in [5.41, 5.74) is 0. The molecule has 0 heterocycles.